The summed E-state index contributed by atoms with van der Waals surface area (Å²) < 4.78 is 0.689. The van der Waals surface area contributed by atoms with E-state index in [-0.39, 0.29) is 5.75 Å². The monoisotopic (exact) mass is 252 g/mol. The summed E-state index contributed by atoms with van der Waals surface area (Å²) in [5.74, 6) is 0.601. The molecular weight excluding hydrogens is 244 g/mol. The van der Waals surface area contributed by atoms with Gasteiger partial charge in [0.05, 0.1) is 0 Å². The number of hydrogen-bond acceptors (Lipinski definition) is 5. The van der Waals surface area contributed by atoms with Crippen molar-refractivity contribution in [1.29, 1.82) is 0 Å². The molecule has 0 saturated carbocycles. The van der Waals surface area contributed by atoms with Crippen molar-refractivity contribution in [3.63, 3.8) is 0 Å². The molecule has 0 bridgehead atoms. The lowest BCUT2D eigenvalue weighted by Crippen LogP contribution is -1.98. The van der Waals surface area contributed by atoms with Crippen LogP contribution in [-0.2, 0) is 0 Å². The Morgan fingerprint density at radius 1 is 1.25 bits per heavy atom. The number of phenols is 1. The number of aromatic amines is 2. The maximum Gasteiger partial charge on any atom is 0.209 e. The summed E-state index contributed by atoms with van der Waals surface area (Å²) in [5.41, 5.74) is 0.693. The minimum Gasteiger partial charge on any atom is -0.508 e. The summed E-state index contributed by atoms with van der Waals surface area (Å²) in [4.78, 5) is 9.49. The summed E-state index contributed by atoms with van der Waals surface area (Å²) in [6.45, 7) is 0. The van der Waals surface area contributed by atoms with Crippen LogP contribution in [0.4, 0.5) is 11.6 Å². The van der Waals surface area contributed by atoms with Crippen molar-refractivity contribution in [2.75, 3.05) is 5.32 Å². The van der Waals surface area contributed by atoms with Gasteiger partial charge in [0, 0.05) is 11.8 Å². The first kappa shape index (κ1) is 10.8. The van der Waals surface area contributed by atoms with E-state index in [0.717, 1.165) is 0 Å². The van der Waals surface area contributed by atoms with Crippen LogP contribution in [0, 0.1) is 9.54 Å². The van der Waals surface area contributed by atoms with E-state index < -0.39 is 0 Å². The number of aromatic nitrogens is 3. The van der Waals surface area contributed by atoms with E-state index in [4.69, 9.17) is 24.4 Å². The van der Waals surface area contributed by atoms with Crippen LogP contribution in [0.1, 0.15) is 0 Å². The number of anilines is 2. The predicted octanol–water partition coefficient (Wildman–Crippen LogP) is 2.65. The molecule has 0 radical (unpaired) electrons. The van der Waals surface area contributed by atoms with Gasteiger partial charge in [-0.2, -0.15) is 4.98 Å². The van der Waals surface area contributed by atoms with E-state index in [0.29, 0.717) is 21.2 Å². The van der Waals surface area contributed by atoms with Crippen LogP contribution in [0.2, 0.25) is 0 Å². The highest BCUT2D eigenvalue weighted by Crippen LogP contribution is 2.17. The van der Waals surface area contributed by atoms with Gasteiger partial charge in [0.2, 0.25) is 10.7 Å². The van der Waals surface area contributed by atoms with Crippen LogP contribution in [0.5, 0.6) is 5.75 Å². The molecule has 0 amide bonds. The summed E-state index contributed by atoms with van der Waals surface area (Å²) >= 11 is 9.81. The minimum absolute atomic E-state index is 0.171. The highest BCUT2D eigenvalue weighted by atomic mass is 32.1. The topological polar surface area (TPSA) is 76.7 Å². The quantitative estimate of drug-likeness (QED) is 0.618. The average molecular weight is 252 g/mol. The number of hydrogen-bond donors (Lipinski definition) is 4. The third kappa shape index (κ3) is 2.65. The minimum atomic E-state index is 0.171. The highest BCUT2D eigenvalue weighted by Gasteiger charge is 1.97. The second-order valence-electron chi connectivity index (χ2n) is 3.02. The second-order valence-corrected chi connectivity index (χ2v) is 3.81. The van der Waals surface area contributed by atoms with Crippen molar-refractivity contribution in [1.82, 2.24) is 15.0 Å². The fraction of sp³-hybridized carbons (Fsp3) is 0. The molecule has 1 aromatic heterocycles. The van der Waals surface area contributed by atoms with Crippen molar-refractivity contribution < 1.29 is 5.11 Å². The van der Waals surface area contributed by atoms with Gasteiger partial charge in [-0.1, -0.05) is 6.07 Å². The summed E-state index contributed by atoms with van der Waals surface area (Å²) in [7, 11) is 0. The zero-order valence-electron chi connectivity index (χ0n) is 8.02. The molecule has 4 N–H and O–H groups in total. The van der Waals surface area contributed by atoms with Crippen molar-refractivity contribution in [2.24, 2.45) is 0 Å². The molecule has 0 aliphatic rings. The molecule has 82 valence electrons. The Balaban J connectivity index is 2.34. The van der Waals surface area contributed by atoms with Gasteiger partial charge in [-0.25, -0.2) is 0 Å². The van der Waals surface area contributed by atoms with Crippen LogP contribution >= 0.6 is 24.4 Å². The van der Waals surface area contributed by atoms with Gasteiger partial charge >= 0.3 is 0 Å². The smallest absolute Gasteiger partial charge is 0.209 e. The van der Waals surface area contributed by atoms with Crippen molar-refractivity contribution >= 4 is 36.1 Å². The standard InChI is InChI=1S/C9H8N4OS2/c14-6-3-1-2-5(4-6)10-7-11-8(15)13-9(16)12-7/h1-4,14H,(H3,10,11,12,13,15,16). The molecule has 1 aromatic carbocycles. The highest BCUT2D eigenvalue weighted by molar-refractivity contribution is 7.71. The maximum absolute atomic E-state index is 9.28. The Labute approximate surface area is 101 Å². The predicted molar refractivity (Wildman–Crippen MR) is 66.0 cm³/mol. The van der Waals surface area contributed by atoms with Crippen LogP contribution in [0.3, 0.4) is 0 Å². The zero-order valence-corrected chi connectivity index (χ0v) is 9.65. The van der Waals surface area contributed by atoms with Crippen molar-refractivity contribution in [3.8, 4) is 5.75 Å². The lowest BCUT2D eigenvalue weighted by molar-refractivity contribution is 0.475. The molecule has 0 aliphatic heterocycles. The lowest BCUT2D eigenvalue weighted by atomic mass is 10.3. The van der Waals surface area contributed by atoms with Crippen LogP contribution in [-0.4, -0.2) is 20.1 Å². The largest absolute Gasteiger partial charge is 0.508 e. The number of H-pyrrole nitrogens is 2. The third-order valence-electron chi connectivity index (χ3n) is 1.77. The Hall–Kier alpha value is -1.73. The molecule has 0 unspecified atom stereocenters. The van der Waals surface area contributed by atoms with Gasteiger partial charge in [-0.3, -0.25) is 0 Å². The molecule has 0 aliphatic carbocycles. The van der Waals surface area contributed by atoms with E-state index in [1.807, 2.05) is 0 Å². The average Bonchev–Trinajstić information content (AvgIpc) is 2.15. The number of benzene rings is 1. The van der Waals surface area contributed by atoms with Crippen molar-refractivity contribution in [3.05, 3.63) is 33.8 Å². The lowest BCUT2D eigenvalue weighted by Gasteiger charge is -2.04. The van der Waals surface area contributed by atoms with E-state index in [2.05, 4.69) is 20.3 Å². The zero-order chi connectivity index (χ0) is 11.5. The van der Waals surface area contributed by atoms with Gasteiger partial charge in [0.15, 0.2) is 4.77 Å². The Morgan fingerprint density at radius 3 is 2.75 bits per heavy atom. The molecule has 0 saturated heterocycles. The molecule has 7 heteroatoms. The Kier molecular flexibility index (Phi) is 2.97. The van der Waals surface area contributed by atoms with Gasteiger partial charge < -0.3 is 20.4 Å². The summed E-state index contributed by atoms with van der Waals surface area (Å²) in [6.07, 6.45) is 0. The van der Waals surface area contributed by atoms with Crippen LogP contribution in [0.15, 0.2) is 24.3 Å². The first-order chi connectivity index (χ1) is 7.63. The van der Waals surface area contributed by atoms with Gasteiger partial charge in [0.1, 0.15) is 5.75 Å². The number of nitrogens with zero attached hydrogens (tertiary/aromatic N) is 1. The molecule has 0 atom stereocenters. The van der Waals surface area contributed by atoms with E-state index >= 15 is 0 Å². The Morgan fingerprint density at radius 2 is 2.06 bits per heavy atom. The maximum atomic E-state index is 9.28. The molecule has 5 nitrogen and oxygen atoms in total. The molecule has 0 fully saturated rings. The SMILES string of the molecule is Oc1cccc(Nc2nc(=S)[nH]c(=S)[nH]2)c1. The van der Waals surface area contributed by atoms with Crippen LogP contribution < -0.4 is 5.32 Å². The molecule has 1 heterocycles. The molecular formula is C9H8N4OS2. The summed E-state index contributed by atoms with van der Waals surface area (Å²) in [5, 5.41) is 12.2. The van der Waals surface area contributed by atoms with Gasteiger partial charge in [-0.15, -0.1) is 0 Å². The third-order valence-corrected chi connectivity index (χ3v) is 2.17. The van der Waals surface area contributed by atoms with E-state index in [9.17, 15) is 5.11 Å². The summed E-state index contributed by atoms with van der Waals surface area (Å²) in [6, 6.07) is 6.66. The number of phenolic OH excluding ortho intramolecular Hbond substituents is 1. The fourth-order valence-corrected chi connectivity index (χ4v) is 1.62. The molecule has 2 rings (SSSR count). The van der Waals surface area contributed by atoms with E-state index in [1.54, 1.807) is 24.3 Å². The fourth-order valence-electron chi connectivity index (χ4n) is 1.17. The number of nitrogens with one attached hydrogen (secondary N) is 3. The van der Waals surface area contributed by atoms with E-state index in [1.165, 1.54) is 0 Å². The molecule has 2 aromatic rings. The van der Waals surface area contributed by atoms with Gasteiger partial charge in [-0.05, 0) is 36.6 Å². The van der Waals surface area contributed by atoms with Crippen molar-refractivity contribution in [2.45, 2.75) is 0 Å². The molecule has 0 spiro atoms. The number of rotatable bonds is 2. The second kappa shape index (κ2) is 4.42. The first-order valence-electron chi connectivity index (χ1n) is 4.40. The normalized spacial score (nSPS) is 10.0. The van der Waals surface area contributed by atoms with Crippen LogP contribution in [0.25, 0.3) is 0 Å². The first-order valence-corrected chi connectivity index (χ1v) is 5.22. The molecule has 16 heavy (non-hydrogen) atoms. The Bertz CT molecular complexity index is 591. The number of aromatic hydroxyl groups is 1. The van der Waals surface area contributed by atoms with Gasteiger partial charge in [0.25, 0.3) is 0 Å².